The van der Waals surface area contributed by atoms with Crippen LogP contribution < -0.4 is 9.46 Å². The van der Waals surface area contributed by atoms with Crippen LogP contribution in [0.1, 0.15) is 10.4 Å². The number of benzene rings is 1. The van der Waals surface area contributed by atoms with Gasteiger partial charge in [0.1, 0.15) is 11.6 Å². The fourth-order valence-corrected chi connectivity index (χ4v) is 1.15. The number of anilines is 1. The molecule has 0 amide bonds. The van der Waals surface area contributed by atoms with Gasteiger partial charge in [0.2, 0.25) is 0 Å². The van der Waals surface area contributed by atoms with Gasteiger partial charge in [0.05, 0.1) is 18.4 Å². The Balaban J connectivity index is 3.30. The lowest BCUT2D eigenvalue weighted by molar-refractivity contribution is 0.0691. The highest BCUT2D eigenvalue weighted by Gasteiger charge is 2.14. The Bertz CT molecular complexity index is 370. The van der Waals surface area contributed by atoms with E-state index < -0.39 is 17.3 Å². The lowest BCUT2D eigenvalue weighted by Crippen LogP contribution is -2.02. The Hall–Kier alpha value is -1.43. The molecule has 0 bridgehead atoms. The molecule has 1 aromatic rings. The lowest BCUT2D eigenvalue weighted by atomic mass is 10.2. The van der Waals surface area contributed by atoms with Crippen molar-refractivity contribution in [3.05, 3.63) is 23.5 Å². The van der Waals surface area contributed by atoms with Crippen LogP contribution in [-0.4, -0.2) is 18.2 Å². The van der Waals surface area contributed by atoms with Crippen LogP contribution in [-0.2, 0) is 0 Å². The summed E-state index contributed by atoms with van der Waals surface area (Å²) in [5.41, 5.74) is -0.160. The third-order valence-corrected chi connectivity index (χ3v) is 1.88. The van der Waals surface area contributed by atoms with Crippen LogP contribution in [0.15, 0.2) is 12.1 Å². The number of halogens is 1. The van der Waals surface area contributed by atoms with E-state index in [0.29, 0.717) is 0 Å². The number of ether oxygens (including phenoxy) is 1. The Labute approximate surface area is 85.2 Å². The van der Waals surface area contributed by atoms with Crippen LogP contribution in [0, 0.1) is 5.82 Å². The SMILES string of the molecule is COc1cc(C(=O)O)c(F)cc1NS. The van der Waals surface area contributed by atoms with Gasteiger partial charge in [-0.15, -0.1) is 0 Å². The normalized spacial score (nSPS) is 9.64. The van der Waals surface area contributed by atoms with E-state index in [1.165, 1.54) is 7.11 Å². The monoisotopic (exact) mass is 217 g/mol. The second-order valence-corrected chi connectivity index (χ2v) is 2.67. The number of carboxylic acids is 1. The molecule has 1 aromatic carbocycles. The van der Waals surface area contributed by atoms with E-state index in [2.05, 4.69) is 17.5 Å². The Kier molecular flexibility index (Phi) is 3.19. The van der Waals surface area contributed by atoms with Crippen molar-refractivity contribution in [3.8, 4) is 5.75 Å². The molecule has 14 heavy (non-hydrogen) atoms. The van der Waals surface area contributed by atoms with Crippen LogP contribution in [0.4, 0.5) is 10.1 Å². The maximum atomic E-state index is 13.1. The molecule has 0 heterocycles. The Morgan fingerprint density at radius 2 is 2.29 bits per heavy atom. The van der Waals surface area contributed by atoms with Crippen molar-refractivity contribution in [1.82, 2.24) is 0 Å². The minimum atomic E-state index is -1.34. The summed E-state index contributed by atoms with van der Waals surface area (Å²) in [6, 6.07) is 2.10. The number of thiol groups is 1. The van der Waals surface area contributed by atoms with Crippen LogP contribution in [0.2, 0.25) is 0 Å². The van der Waals surface area contributed by atoms with Crippen LogP contribution in [0.3, 0.4) is 0 Å². The Morgan fingerprint density at radius 1 is 1.64 bits per heavy atom. The van der Waals surface area contributed by atoms with Crippen molar-refractivity contribution in [2.24, 2.45) is 0 Å². The highest BCUT2D eigenvalue weighted by molar-refractivity contribution is 7.81. The van der Waals surface area contributed by atoms with Gasteiger partial charge in [-0.1, -0.05) is 12.8 Å². The van der Waals surface area contributed by atoms with Gasteiger partial charge in [0.15, 0.2) is 0 Å². The summed E-state index contributed by atoms with van der Waals surface area (Å²) in [5, 5.41) is 8.61. The average Bonchev–Trinajstić information content (AvgIpc) is 2.16. The molecule has 0 aliphatic carbocycles. The van der Waals surface area contributed by atoms with Crippen molar-refractivity contribution < 1.29 is 19.0 Å². The molecule has 0 aliphatic rings. The number of hydrogen-bond acceptors (Lipinski definition) is 4. The third-order valence-electron chi connectivity index (χ3n) is 1.64. The van der Waals surface area contributed by atoms with Crippen LogP contribution in [0.5, 0.6) is 5.75 Å². The maximum absolute atomic E-state index is 13.1. The lowest BCUT2D eigenvalue weighted by Gasteiger charge is -2.08. The first kappa shape index (κ1) is 10.6. The van der Waals surface area contributed by atoms with E-state index in [1.54, 1.807) is 0 Å². The minimum absolute atomic E-state index is 0.221. The zero-order chi connectivity index (χ0) is 10.7. The molecular formula is C8H8FNO3S. The molecule has 0 spiro atoms. The molecule has 1 rings (SSSR count). The quantitative estimate of drug-likeness (QED) is 0.675. The molecule has 0 saturated carbocycles. The first-order chi connectivity index (χ1) is 6.60. The van der Waals surface area contributed by atoms with E-state index in [1.807, 2.05) is 0 Å². The van der Waals surface area contributed by atoms with Gasteiger partial charge < -0.3 is 14.6 Å². The minimum Gasteiger partial charge on any atom is -0.495 e. The second kappa shape index (κ2) is 4.19. The first-order valence-corrected chi connectivity index (χ1v) is 4.05. The fraction of sp³-hybridized carbons (Fsp3) is 0.125. The van der Waals surface area contributed by atoms with E-state index in [9.17, 15) is 9.18 Å². The molecule has 0 unspecified atom stereocenters. The number of nitrogens with one attached hydrogen (secondary N) is 1. The van der Waals surface area contributed by atoms with E-state index in [4.69, 9.17) is 9.84 Å². The molecule has 0 saturated heterocycles. The predicted octanol–water partition coefficient (Wildman–Crippen LogP) is 1.79. The molecule has 0 aromatic heterocycles. The molecule has 0 aliphatic heterocycles. The molecule has 76 valence electrons. The zero-order valence-electron chi connectivity index (χ0n) is 7.24. The maximum Gasteiger partial charge on any atom is 0.338 e. The van der Waals surface area contributed by atoms with Gasteiger partial charge in [-0.25, -0.2) is 9.18 Å². The number of hydrogen-bond donors (Lipinski definition) is 3. The molecule has 0 fully saturated rings. The van der Waals surface area contributed by atoms with Gasteiger partial charge in [-0.3, -0.25) is 0 Å². The predicted molar refractivity (Wildman–Crippen MR) is 52.5 cm³/mol. The smallest absolute Gasteiger partial charge is 0.338 e. The molecule has 4 nitrogen and oxygen atoms in total. The highest BCUT2D eigenvalue weighted by atomic mass is 32.1. The van der Waals surface area contributed by atoms with E-state index >= 15 is 0 Å². The molecule has 0 atom stereocenters. The van der Waals surface area contributed by atoms with Gasteiger partial charge in [-0.05, 0) is 6.07 Å². The summed E-state index contributed by atoms with van der Waals surface area (Å²) in [6.45, 7) is 0. The van der Waals surface area contributed by atoms with Crippen LogP contribution >= 0.6 is 12.8 Å². The molecule has 2 N–H and O–H groups in total. The standard InChI is InChI=1S/C8H8FNO3S/c1-13-7-2-4(8(11)12)5(9)3-6(7)10-14/h2-3,10,14H,1H3,(H,11,12). The number of methoxy groups -OCH3 is 1. The number of carboxylic acid groups (broad SMARTS) is 1. The summed E-state index contributed by atoms with van der Waals surface area (Å²) in [4.78, 5) is 10.6. The van der Waals surface area contributed by atoms with Crippen molar-refractivity contribution in [1.29, 1.82) is 0 Å². The summed E-state index contributed by atoms with van der Waals surface area (Å²) >= 11 is 3.72. The van der Waals surface area contributed by atoms with Crippen molar-refractivity contribution >= 4 is 24.5 Å². The van der Waals surface area contributed by atoms with Gasteiger partial charge in [0, 0.05) is 6.07 Å². The number of carbonyl (C=O) groups is 1. The van der Waals surface area contributed by atoms with Crippen molar-refractivity contribution in [2.75, 3.05) is 11.8 Å². The van der Waals surface area contributed by atoms with Gasteiger partial charge in [-0.2, -0.15) is 0 Å². The van der Waals surface area contributed by atoms with Gasteiger partial charge >= 0.3 is 5.97 Å². The summed E-state index contributed by atoms with van der Waals surface area (Å²) < 4.78 is 20.3. The third kappa shape index (κ3) is 1.90. The van der Waals surface area contributed by atoms with E-state index in [-0.39, 0.29) is 11.4 Å². The van der Waals surface area contributed by atoms with Crippen LogP contribution in [0.25, 0.3) is 0 Å². The highest BCUT2D eigenvalue weighted by Crippen LogP contribution is 2.28. The fourth-order valence-electron chi connectivity index (χ4n) is 0.974. The number of aromatic carboxylic acids is 1. The van der Waals surface area contributed by atoms with E-state index in [0.717, 1.165) is 12.1 Å². The molecule has 6 heteroatoms. The topological polar surface area (TPSA) is 58.6 Å². The first-order valence-electron chi connectivity index (χ1n) is 3.61. The largest absolute Gasteiger partial charge is 0.495 e. The second-order valence-electron chi connectivity index (χ2n) is 2.45. The summed E-state index contributed by atoms with van der Waals surface area (Å²) in [5.74, 6) is -1.96. The average molecular weight is 217 g/mol. The number of rotatable bonds is 3. The zero-order valence-corrected chi connectivity index (χ0v) is 8.14. The van der Waals surface area contributed by atoms with Crippen molar-refractivity contribution in [3.63, 3.8) is 0 Å². The molecule has 0 radical (unpaired) electrons. The van der Waals surface area contributed by atoms with Crippen molar-refractivity contribution in [2.45, 2.75) is 0 Å². The Morgan fingerprint density at radius 3 is 2.71 bits per heavy atom. The summed E-state index contributed by atoms with van der Waals surface area (Å²) in [7, 11) is 1.35. The summed E-state index contributed by atoms with van der Waals surface area (Å²) in [6.07, 6.45) is 0. The van der Waals surface area contributed by atoms with Gasteiger partial charge in [0.25, 0.3) is 0 Å². The molecular weight excluding hydrogens is 209 g/mol.